The van der Waals surface area contributed by atoms with Crippen LogP contribution in [-0.2, 0) is 0 Å². The lowest BCUT2D eigenvalue weighted by Crippen LogP contribution is -2.24. The number of ether oxygens (including phenoxy) is 1. The number of rotatable bonds is 1. The van der Waals surface area contributed by atoms with Crippen molar-refractivity contribution in [3.05, 3.63) is 63.1 Å². The second-order valence-electron chi connectivity index (χ2n) is 5.19. The molecule has 2 nitrogen and oxygen atoms in total. The number of hydrogen-bond donors (Lipinski definition) is 1. The van der Waals surface area contributed by atoms with Gasteiger partial charge in [0.15, 0.2) is 0 Å². The summed E-state index contributed by atoms with van der Waals surface area (Å²) in [7, 11) is 0. The summed E-state index contributed by atoms with van der Waals surface area (Å²) in [6.45, 7) is 2.05. The normalized spacial score (nSPS) is 21.2. The topological polar surface area (TPSA) is 35.2 Å². The number of hydrogen-bond acceptors (Lipinski definition) is 2. The second kappa shape index (κ2) is 5.28. The van der Waals surface area contributed by atoms with Crippen molar-refractivity contribution in [1.29, 1.82) is 0 Å². The van der Waals surface area contributed by atoms with Gasteiger partial charge in [-0.2, -0.15) is 0 Å². The third-order valence-electron chi connectivity index (χ3n) is 3.56. The second-order valence-corrected chi connectivity index (χ2v) is 6.07. The van der Waals surface area contributed by atoms with Gasteiger partial charge in [-0.25, -0.2) is 0 Å². The maximum Gasteiger partial charge on any atom is 0.126 e. The van der Waals surface area contributed by atoms with E-state index in [0.29, 0.717) is 16.5 Å². The fraction of sp³-hybridized carbons (Fsp3) is 0.250. The molecule has 1 aliphatic rings. The van der Waals surface area contributed by atoms with Gasteiger partial charge in [0.2, 0.25) is 0 Å². The van der Waals surface area contributed by atoms with Crippen LogP contribution >= 0.6 is 23.2 Å². The van der Waals surface area contributed by atoms with E-state index in [1.165, 1.54) is 5.56 Å². The van der Waals surface area contributed by atoms with Crippen molar-refractivity contribution in [2.24, 2.45) is 5.73 Å². The highest BCUT2D eigenvalue weighted by Crippen LogP contribution is 2.40. The molecule has 4 heteroatoms. The highest BCUT2D eigenvalue weighted by Gasteiger charge is 2.27. The monoisotopic (exact) mass is 307 g/mol. The predicted octanol–water partition coefficient (Wildman–Crippen LogP) is 4.83. The number of nitrogens with two attached hydrogens (primary N) is 1. The third kappa shape index (κ3) is 2.64. The Morgan fingerprint density at radius 2 is 1.80 bits per heavy atom. The molecule has 20 heavy (non-hydrogen) atoms. The van der Waals surface area contributed by atoms with Crippen LogP contribution in [0.2, 0.25) is 10.0 Å². The van der Waals surface area contributed by atoms with Crippen LogP contribution in [0.5, 0.6) is 5.75 Å². The molecule has 1 unspecified atom stereocenters. The molecule has 0 bridgehead atoms. The first-order chi connectivity index (χ1) is 9.52. The van der Waals surface area contributed by atoms with Gasteiger partial charge in [0, 0.05) is 28.1 Å². The van der Waals surface area contributed by atoms with Crippen molar-refractivity contribution in [3.8, 4) is 5.75 Å². The Bertz CT molecular complexity index is 637. The summed E-state index contributed by atoms with van der Waals surface area (Å²) >= 11 is 12.1. The summed E-state index contributed by atoms with van der Waals surface area (Å²) in [6.07, 6.45) is 0.601. The number of fused-ring (bicyclic) bond motifs is 1. The first-order valence-electron chi connectivity index (χ1n) is 6.52. The molecule has 0 spiro atoms. The number of benzene rings is 2. The Balaban J connectivity index is 1.96. The molecule has 1 aliphatic heterocycles. The predicted molar refractivity (Wildman–Crippen MR) is 82.6 cm³/mol. The third-order valence-corrected chi connectivity index (χ3v) is 4.00. The highest BCUT2D eigenvalue weighted by molar-refractivity contribution is 6.34. The van der Waals surface area contributed by atoms with Crippen molar-refractivity contribution in [1.82, 2.24) is 0 Å². The lowest BCUT2D eigenvalue weighted by molar-refractivity contribution is 0.161. The first kappa shape index (κ1) is 13.7. The highest BCUT2D eigenvalue weighted by atomic mass is 35.5. The molecule has 3 rings (SSSR count). The smallest absolute Gasteiger partial charge is 0.126 e. The summed E-state index contributed by atoms with van der Waals surface area (Å²) in [5, 5.41) is 1.22. The summed E-state index contributed by atoms with van der Waals surface area (Å²) in [5.74, 6) is 0.843. The molecule has 0 aromatic heterocycles. The van der Waals surface area contributed by atoms with Crippen molar-refractivity contribution >= 4 is 23.2 Å². The lowest BCUT2D eigenvalue weighted by atomic mass is 9.93. The lowest BCUT2D eigenvalue weighted by Gasteiger charge is -2.31. The van der Waals surface area contributed by atoms with Crippen LogP contribution in [-0.4, -0.2) is 0 Å². The summed E-state index contributed by atoms with van der Waals surface area (Å²) in [4.78, 5) is 0. The van der Waals surface area contributed by atoms with Gasteiger partial charge >= 0.3 is 0 Å². The molecule has 2 aromatic rings. The minimum Gasteiger partial charge on any atom is -0.485 e. The van der Waals surface area contributed by atoms with E-state index in [0.717, 1.165) is 16.9 Å². The molecule has 0 fully saturated rings. The van der Waals surface area contributed by atoms with Crippen LogP contribution in [0.1, 0.15) is 35.3 Å². The molecule has 0 saturated carbocycles. The van der Waals surface area contributed by atoms with Gasteiger partial charge in [0.05, 0.1) is 0 Å². The Kier molecular flexibility index (Phi) is 3.63. The Labute approximate surface area is 128 Å². The van der Waals surface area contributed by atoms with Gasteiger partial charge in [-0.1, -0.05) is 40.9 Å². The molecular weight excluding hydrogens is 293 g/mol. The number of aryl methyl sites for hydroxylation is 1. The fourth-order valence-corrected chi connectivity index (χ4v) is 3.13. The van der Waals surface area contributed by atoms with E-state index < -0.39 is 0 Å². The summed E-state index contributed by atoms with van der Waals surface area (Å²) in [6, 6.07) is 11.5. The van der Waals surface area contributed by atoms with Crippen LogP contribution in [0.4, 0.5) is 0 Å². The summed E-state index contributed by atoms with van der Waals surface area (Å²) < 4.78 is 6.06. The fourth-order valence-electron chi connectivity index (χ4n) is 2.59. The SMILES string of the molecule is Cc1ccc2c(c1)[C@H](N)CC(c1cc(Cl)cc(Cl)c1)O2. The Hall–Kier alpha value is -1.22. The Morgan fingerprint density at radius 1 is 1.10 bits per heavy atom. The zero-order valence-electron chi connectivity index (χ0n) is 11.1. The molecule has 0 radical (unpaired) electrons. The van der Waals surface area contributed by atoms with Gasteiger partial charge in [-0.05, 0) is 36.8 Å². The minimum absolute atomic E-state index is 0.0404. The van der Waals surface area contributed by atoms with Crippen molar-refractivity contribution < 1.29 is 4.74 Å². The molecule has 0 saturated heterocycles. The number of halogens is 2. The molecule has 0 amide bonds. The van der Waals surface area contributed by atoms with Crippen LogP contribution in [0.3, 0.4) is 0 Å². The van der Waals surface area contributed by atoms with E-state index in [1.807, 2.05) is 24.3 Å². The molecule has 2 atom stereocenters. The van der Waals surface area contributed by atoms with E-state index >= 15 is 0 Å². The first-order valence-corrected chi connectivity index (χ1v) is 7.27. The van der Waals surface area contributed by atoms with Crippen LogP contribution in [0.25, 0.3) is 0 Å². The molecular formula is C16H15Cl2NO. The van der Waals surface area contributed by atoms with Gasteiger partial charge in [-0.15, -0.1) is 0 Å². The maximum absolute atomic E-state index is 6.27. The van der Waals surface area contributed by atoms with Gasteiger partial charge in [0.25, 0.3) is 0 Å². The van der Waals surface area contributed by atoms with E-state index in [9.17, 15) is 0 Å². The van der Waals surface area contributed by atoms with E-state index in [-0.39, 0.29) is 12.1 Å². The zero-order chi connectivity index (χ0) is 14.3. The van der Waals surface area contributed by atoms with Crippen molar-refractivity contribution in [2.45, 2.75) is 25.5 Å². The molecule has 1 heterocycles. The molecule has 104 valence electrons. The van der Waals surface area contributed by atoms with Crippen LogP contribution < -0.4 is 10.5 Å². The van der Waals surface area contributed by atoms with E-state index in [1.54, 1.807) is 6.07 Å². The van der Waals surface area contributed by atoms with Gasteiger partial charge < -0.3 is 10.5 Å². The quantitative estimate of drug-likeness (QED) is 0.819. The Morgan fingerprint density at radius 3 is 2.50 bits per heavy atom. The standard InChI is InChI=1S/C16H15Cl2NO/c1-9-2-3-15-13(4-9)14(19)8-16(20-15)10-5-11(17)7-12(18)6-10/h2-7,14,16H,8,19H2,1H3/t14-,16?/m1/s1. The van der Waals surface area contributed by atoms with Gasteiger partial charge in [-0.3, -0.25) is 0 Å². The summed E-state index contributed by atoms with van der Waals surface area (Å²) in [5.41, 5.74) is 9.49. The molecule has 2 aromatic carbocycles. The van der Waals surface area contributed by atoms with Crippen molar-refractivity contribution in [3.63, 3.8) is 0 Å². The largest absolute Gasteiger partial charge is 0.485 e. The maximum atomic E-state index is 6.27. The minimum atomic E-state index is -0.114. The zero-order valence-corrected chi connectivity index (χ0v) is 12.6. The van der Waals surface area contributed by atoms with Crippen molar-refractivity contribution in [2.75, 3.05) is 0 Å². The van der Waals surface area contributed by atoms with Gasteiger partial charge in [0.1, 0.15) is 11.9 Å². The van der Waals surface area contributed by atoms with E-state index in [4.69, 9.17) is 33.7 Å². The average Bonchev–Trinajstić information content (AvgIpc) is 2.38. The van der Waals surface area contributed by atoms with Crippen LogP contribution in [0, 0.1) is 6.92 Å². The molecule has 2 N–H and O–H groups in total. The van der Waals surface area contributed by atoms with E-state index in [2.05, 4.69) is 13.0 Å². The average molecular weight is 308 g/mol. The molecule has 0 aliphatic carbocycles. The van der Waals surface area contributed by atoms with Crippen LogP contribution in [0.15, 0.2) is 36.4 Å².